The summed E-state index contributed by atoms with van der Waals surface area (Å²) in [6, 6.07) is 67.8. The number of para-hydroxylation sites is 1. The van der Waals surface area contributed by atoms with Crippen molar-refractivity contribution < 1.29 is 0 Å². The molecule has 44 heavy (non-hydrogen) atoms. The maximum absolute atomic E-state index is 2.50. The second-order valence-corrected chi connectivity index (χ2v) is 14.7. The molecular formula is C42H33NSi. The topological polar surface area (TPSA) is 3.24 Å². The first-order valence-corrected chi connectivity index (χ1v) is 17.2. The molecule has 0 aliphatic rings. The zero-order valence-corrected chi connectivity index (χ0v) is 25.5. The largest absolute Gasteiger partial charge is 0.310 e. The summed E-state index contributed by atoms with van der Waals surface area (Å²) < 4.78 is 0. The van der Waals surface area contributed by atoms with Gasteiger partial charge in [0, 0.05) is 16.8 Å². The highest BCUT2D eigenvalue weighted by molar-refractivity contribution is 7.15. The third kappa shape index (κ3) is 5.28. The van der Waals surface area contributed by atoms with Crippen LogP contribution in [0.3, 0.4) is 0 Å². The van der Waals surface area contributed by atoms with Gasteiger partial charge in [-0.2, -0.15) is 0 Å². The number of hydrogen-bond donors (Lipinski definition) is 0. The molecule has 0 atom stereocenters. The lowest BCUT2D eigenvalue weighted by Gasteiger charge is -2.31. The van der Waals surface area contributed by atoms with Crippen LogP contribution in [-0.4, -0.2) is 8.07 Å². The minimum atomic E-state index is -2.47. The van der Waals surface area contributed by atoms with E-state index in [1.54, 1.807) is 0 Å². The van der Waals surface area contributed by atoms with Gasteiger partial charge in [0.15, 0.2) is 8.07 Å². The molecule has 1 nitrogen and oxygen atoms in total. The number of rotatable bonds is 8. The normalized spacial score (nSPS) is 11.5. The summed E-state index contributed by atoms with van der Waals surface area (Å²) in [5.41, 5.74) is 7.11. The van der Waals surface area contributed by atoms with Gasteiger partial charge in [-0.1, -0.05) is 170 Å². The molecule has 0 amide bonds. The monoisotopic (exact) mass is 579 g/mol. The Hall–Kier alpha value is -5.44. The van der Waals surface area contributed by atoms with E-state index in [-0.39, 0.29) is 0 Å². The summed E-state index contributed by atoms with van der Waals surface area (Å²) in [5.74, 6) is 0. The van der Waals surface area contributed by atoms with Crippen molar-refractivity contribution in [2.24, 2.45) is 0 Å². The molecule has 7 aromatic rings. The van der Waals surface area contributed by atoms with Gasteiger partial charge in [-0.3, -0.25) is 0 Å². The summed E-state index contributed by atoms with van der Waals surface area (Å²) in [6.07, 6.45) is 2.33. The molecule has 210 valence electrons. The SMILES string of the molecule is C(=C\[Si](c1ccccc1)(c1ccccc1)c1ccccc1)/c1ccc(N(c2ccccc2)c2cccc3ccccc23)cc1. The Bertz CT molecular complexity index is 1880. The molecule has 0 aromatic heterocycles. The summed E-state index contributed by atoms with van der Waals surface area (Å²) in [6.45, 7) is 0. The van der Waals surface area contributed by atoms with E-state index in [9.17, 15) is 0 Å². The molecule has 0 saturated heterocycles. The molecular weight excluding hydrogens is 547 g/mol. The number of hydrogen-bond acceptors (Lipinski definition) is 1. The van der Waals surface area contributed by atoms with Gasteiger partial charge in [-0.15, -0.1) is 0 Å². The quantitative estimate of drug-likeness (QED) is 0.128. The van der Waals surface area contributed by atoms with Crippen molar-refractivity contribution in [2.75, 3.05) is 4.90 Å². The maximum Gasteiger partial charge on any atom is 0.172 e. The van der Waals surface area contributed by atoms with Crippen LogP contribution in [-0.2, 0) is 0 Å². The average molecular weight is 580 g/mol. The van der Waals surface area contributed by atoms with E-state index >= 15 is 0 Å². The van der Waals surface area contributed by atoms with Crippen molar-refractivity contribution >= 4 is 57.5 Å². The number of benzene rings is 7. The van der Waals surface area contributed by atoms with Crippen LogP contribution in [0.25, 0.3) is 16.8 Å². The highest BCUT2D eigenvalue weighted by Gasteiger charge is 2.36. The first-order valence-electron chi connectivity index (χ1n) is 15.1. The standard InChI is InChI=1S/C42H33NSi/c1-5-18-36(19-6-1)43(42-27-15-17-35-16-13-14-26-41(35)42)37-30-28-34(29-31-37)32-33-44(38-20-7-2-8-21-38,39-22-9-3-10-23-39)40-24-11-4-12-25-40/h1-33H/b33-32+. The molecule has 0 spiro atoms. The predicted molar refractivity (Wildman–Crippen MR) is 192 cm³/mol. The van der Waals surface area contributed by atoms with Crippen LogP contribution in [0.2, 0.25) is 0 Å². The second-order valence-electron chi connectivity index (χ2n) is 11.0. The minimum absolute atomic E-state index is 1.13. The summed E-state index contributed by atoms with van der Waals surface area (Å²) >= 11 is 0. The van der Waals surface area contributed by atoms with E-state index in [2.05, 4.69) is 205 Å². The first-order chi connectivity index (χ1) is 21.8. The molecule has 0 bridgehead atoms. The van der Waals surface area contributed by atoms with Gasteiger partial charge in [0.2, 0.25) is 0 Å². The van der Waals surface area contributed by atoms with E-state index in [1.807, 2.05) is 0 Å². The zero-order chi connectivity index (χ0) is 29.6. The van der Waals surface area contributed by atoms with Crippen molar-refractivity contribution in [1.82, 2.24) is 0 Å². The molecule has 7 aromatic carbocycles. The predicted octanol–water partition coefficient (Wildman–Crippen LogP) is 9.03. The van der Waals surface area contributed by atoms with Crippen LogP contribution in [0, 0.1) is 0 Å². The summed E-state index contributed by atoms with van der Waals surface area (Å²) in [7, 11) is -2.47. The van der Waals surface area contributed by atoms with E-state index in [0.29, 0.717) is 0 Å². The van der Waals surface area contributed by atoms with Gasteiger partial charge in [0.1, 0.15) is 0 Å². The van der Waals surface area contributed by atoms with Gasteiger partial charge in [0.05, 0.1) is 5.69 Å². The Balaban J connectivity index is 1.33. The van der Waals surface area contributed by atoms with Gasteiger partial charge in [-0.05, 0) is 56.8 Å². The van der Waals surface area contributed by atoms with Crippen LogP contribution in [0.1, 0.15) is 5.56 Å². The Morgan fingerprint density at radius 1 is 0.386 bits per heavy atom. The molecule has 7 rings (SSSR count). The van der Waals surface area contributed by atoms with E-state index in [0.717, 1.165) is 11.4 Å². The minimum Gasteiger partial charge on any atom is -0.310 e. The first kappa shape index (κ1) is 27.4. The van der Waals surface area contributed by atoms with Crippen LogP contribution < -0.4 is 20.5 Å². The van der Waals surface area contributed by atoms with Crippen molar-refractivity contribution in [3.05, 3.63) is 199 Å². The van der Waals surface area contributed by atoms with Crippen molar-refractivity contribution in [3.8, 4) is 0 Å². The van der Waals surface area contributed by atoms with Crippen LogP contribution in [0.5, 0.6) is 0 Å². The number of nitrogens with zero attached hydrogens (tertiary/aromatic N) is 1. The fourth-order valence-electron chi connectivity index (χ4n) is 6.26. The molecule has 0 N–H and O–H groups in total. The van der Waals surface area contributed by atoms with Crippen LogP contribution >= 0.6 is 0 Å². The lowest BCUT2D eigenvalue weighted by atomic mass is 10.1. The van der Waals surface area contributed by atoms with Crippen molar-refractivity contribution in [1.29, 1.82) is 0 Å². The third-order valence-electron chi connectivity index (χ3n) is 8.39. The van der Waals surface area contributed by atoms with Crippen molar-refractivity contribution in [2.45, 2.75) is 0 Å². The smallest absolute Gasteiger partial charge is 0.172 e. The van der Waals surface area contributed by atoms with Gasteiger partial charge in [-0.25, -0.2) is 0 Å². The van der Waals surface area contributed by atoms with Gasteiger partial charge >= 0.3 is 0 Å². The molecule has 0 radical (unpaired) electrons. The fourth-order valence-corrected chi connectivity index (χ4v) is 10.4. The van der Waals surface area contributed by atoms with E-state index in [1.165, 1.54) is 37.6 Å². The van der Waals surface area contributed by atoms with E-state index < -0.39 is 8.07 Å². The van der Waals surface area contributed by atoms with Gasteiger partial charge < -0.3 is 4.90 Å². The molecule has 0 saturated carbocycles. The molecule has 0 heterocycles. The Labute approximate surface area is 261 Å². The van der Waals surface area contributed by atoms with Crippen molar-refractivity contribution in [3.63, 3.8) is 0 Å². The Kier molecular flexibility index (Phi) is 7.74. The fraction of sp³-hybridized carbons (Fsp3) is 0. The summed E-state index contributed by atoms with van der Waals surface area (Å²) in [5, 5.41) is 6.58. The lowest BCUT2D eigenvalue weighted by molar-refractivity contribution is 1.30. The molecule has 0 unspecified atom stereocenters. The molecule has 0 aliphatic carbocycles. The Morgan fingerprint density at radius 3 is 1.41 bits per heavy atom. The highest BCUT2D eigenvalue weighted by Crippen LogP contribution is 2.38. The number of anilines is 3. The zero-order valence-electron chi connectivity index (χ0n) is 24.5. The average Bonchev–Trinajstić information content (AvgIpc) is 3.11. The molecule has 0 aliphatic heterocycles. The Morgan fingerprint density at radius 2 is 0.841 bits per heavy atom. The number of fused-ring (bicyclic) bond motifs is 1. The van der Waals surface area contributed by atoms with E-state index in [4.69, 9.17) is 0 Å². The highest BCUT2D eigenvalue weighted by atomic mass is 28.3. The lowest BCUT2D eigenvalue weighted by Crippen LogP contribution is -2.66. The molecule has 0 fully saturated rings. The van der Waals surface area contributed by atoms with Crippen LogP contribution in [0.15, 0.2) is 194 Å². The molecule has 2 heteroatoms. The third-order valence-corrected chi connectivity index (χ3v) is 12.8. The summed E-state index contributed by atoms with van der Waals surface area (Å²) in [4.78, 5) is 2.35. The van der Waals surface area contributed by atoms with Crippen LogP contribution in [0.4, 0.5) is 17.1 Å². The second kappa shape index (κ2) is 12.4. The van der Waals surface area contributed by atoms with Gasteiger partial charge in [0.25, 0.3) is 0 Å². The maximum atomic E-state index is 2.50.